The SMILES string of the molecule is COCCN(CC(=O)N1N=C(c2ccc(C)c(C)c2)C[C@H]1c1ccc(OC)c(OC)c1)C(=O)c1ccc(OC)cc1. The Kier molecular flexibility index (Phi) is 9.62. The summed E-state index contributed by atoms with van der Waals surface area (Å²) in [4.78, 5) is 28.9. The molecule has 0 aliphatic carbocycles. The van der Waals surface area contributed by atoms with Gasteiger partial charge in [-0.25, -0.2) is 5.01 Å². The summed E-state index contributed by atoms with van der Waals surface area (Å²) < 4.78 is 21.4. The highest BCUT2D eigenvalue weighted by Gasteiger charge is 2.35. The van der Waals surface area contributed by atoms with Crippen molar-refractivity contribution in [1.82, 2.24) is 9.91 Å². The number of benzene rings is 3. The molecule has 1 atom stereocenters. The van der Waals surface area contributed by atoms with Crippen LogP contribution in [-0.4, -0.2) is 75.6 Å². The van der Waals surface area contributed by atoms with Crippen LogP contribution in [0.2, 0.25) is 0 Å². The minimum absolute atomic E-state index is 0.165. The van der Waals surface area contributed by atoms with Crippen LogP contribution in [0.1, 0.15) is 45.1 Å². The number of hydrogen-bond donors (Lipinski definition) is 0. The molecule has 1 aliphatic rings. The van der Waals surface area contributed by atoms with Crippen LogP contribution in [0.25, 0.3) is 0 Å². The lowest BCUT2D eigenvalue weighted by Gasteiger charge is -2.27. The molecule has 1 heterocycles. The van der Waals surface area contributed by atoms with Gasteiger partial charge in [0.05, 0.1) is 39.7 Å². The van der Waals surface area contributed by atoms with Gasteiger partial charge in [0.25, 0.3) is 11.8 Å². The van der Waals surface area contributed by atoms with E-state index in [2.05, 4.69) is 26.0 Å². The molecule has 4 rings (SSSR count). The average molecular weight is 560 g/mol. The molecule has 216 valence electrons. The highest BCUT2D eigenvalue weighted by molar-refractivity contribution is 6.04. The van der Waals surface area contributed by atoms with Crippen molar-refractivity contribution in [3.63, 3.8) is 0 Å². The Morgan fingerprint density at radius 1 is 0.878 bits per heavy atom. The topological polar surface area (TPSA) is 89.9 Å². The van der Waals surface area contributed by atoms with E-state index in [1.54, 1.807) is 52.7 Å². The minimum atomic E-state index is -0.390. The Hall–Kier alpha value is -4.37. The lowest BCUT2D eigenvalue weighted by molar-refractivity contribution is -0.133. The molecule has 0 fully saturated rings. The first kappa shape index (κ1) is 29.6. The predicted molar refractivity (Wildman–Crippen MR) is 157 cm³/mol. The third-order valence-electron chi connectivity index (χ3n) is 7.31. The fourth-order valence-corrected chi connectivity index (χ4v) is 4.76. The van der Waals surface area contributed by atoms with Crippen molar-refractivity contribution in [3.05, 3.63) is 88.5 Å². The molecule has 2 amide bonds. The largest absolute Gasteiger partial charge is 0.497 e. The summed E-state index contributed by atoms with van der Waals surface area (Å²) in [6.07, 6.45) is 0.508. The molecule has 1 aliphatic heterocycles. The van der Waals surface area contributed by atoms with E-state index in [0.29, 0.717) is 29.2 Å². The van der Waals surface area contributed by atoms with Crippen LogP contribution in [-0.2, 0) is 9.53 Å². The van der Waals surface area contributed by atoms with Gasteiger partial charge in [-0.3, -0.25) is 9.59 Å². The molecule has 3 aromatic carbocycles. The van der Waals surface area contributed by atoms with E-state index < -0.39 is 0 Å². The molecule has 0 saturated carbocycles. The molecule has 3 aromatic rings. The quantitative estimate of drug-likeness (QED) is 0.336. The second kappa shape index (κ2) is 13.3. The predicted octanol–water partition coefficient (Wildman–Crippen LogP) is 4.80. The summed E-state index contributed by atoms with van der Waals surface area (Å²) in [5, 5.41) is 6.31. The maximum Gasteiger partial charge on any atom is 0.262 e. The number of methoxy groups -OCH3 is 4. The molecule has 0 bridgehead atoms. The van der Waals surface area contributed by atoms with Crippen LogP contribution in [0, 0.1) is 13.8 Å². The van der Waals surface area contributed by atoms with Gasteiger partial charge in [-0.2, -0.15) is 5.10 Å². The number of ether oxygens (including phenoxy) is 4. The zero-order valence-corrected chi connectivity index (χ0v) is 24.5. The summed E-state index contributed by atoms with van der Waals surface area (Å²) in [7, 11) is 6.29. The normalized spacial score (nSPS) is 14.4. The van der Waals surface area contributed by atoms with Gasteiger partial charge in [0.2, 0.25) is 0 Å². The fraction of sp³-hybridized carbons (Fsp3) is 0.344. The third-order valence-corrected chi connectivity index (χ3v) is 7.31. The number of nitrogens with zero attached hydrogens (tertiary/aromatic N) is 3. The number of carbonyl (C=O) groups excluding carboxylic acids is 2. The van der Waals surface area contributed by atoms with Crippen molar-refractivity contribution in [2.75, 3.05) is 48.1 Å². The fourth-order valence-electron chi connectivity index (χ4n) is 4.76. The molecule has 0 radical (unpaired) electrons. The Labute approximate surface area is 241 Å². The molecule has 0 N–H and O–H groups in total. The van der Waals surface area contributed by atoms with Gasteiger partial charge in [-0.05, 0) is 78.6 Å². The first-order chi connectivity index (χ1) is 19.8. The number of aryl methyl sites for hydroxylation is 2. The second-order valence-corrected chi connectivity index (χ2v) is 9.87. The van der Waals surface area contributed by atoms with Crippen molar-refractivity contribution in [2.24, 2.45) is 5.10 Å². The molecule has 0 saturated heterocycles. The standard InChI is InChI=1S/C32H37N3O6/c1-21-7-8-24(17-22(21)2)27-19-28(25-11-14-29(40-5)30(18-25)41-6)35(33-27)31(36)20-34(15-16-38-3)32(37)23-9-12-26(39-4)13-10-23/h7-14,17-18,28H,15-16,19-20H2,1-6H3/t28-/m0/s1. The van der Waals surface area contributed by atoms with Gasteiger partial charge in [0.1, 0.15) is 12.3 Å². The summed E-state index contributed by atoms with van der Waals surface area (Å²) in [6.45, 7) is 4.48. The summed E-state index contributed by atoms with van der Waals surface area (Å²) in [5.74, 6) is 1.22. The highest BCUT2D eigenvalue weighted by atomic mass is 16.5. The molecule has 0 spiro atoms. The third kappa shape index (κ3) is 6.69. The Morgan fingerprint density at radius 3 is 2.24 bits per heavy atom. The zero-order valence-electron chi connectivity index (χ0n) is 24.5. The summed E-state index contributed by atoms with van der Waals surface area (Å²) in [5.41, 5.74) is 5.39. The number of hydrazone groups is 1. The number of carbonyl (C=O) groups is 2. The van der Waals surface area contributed by atoms with Gasteiger partial charge >= 0.3 is 0 Å². The van der Waals surface area contributed by atoms with Gasteiger partial charge in [-0.1, -0.05) is 18.2 Å². The first-order valence-corrected chi connectivity index (χ1v) is 13.4. The van der Waals surface area contributed by atoms with Crippen LogP contribution >= 0.6 is 0 Å². The number of hydrogen-bond acceptors (Lipinski definition) is 7. The van der Waals surface area contributed by atoms with E-state index in [4.69, 9.17) is 24.0 Å². The van der Waals surface area contributed by atoms with Crippen LogP contribution in [0.15, 0.2) is 65.8 Å². The van der Waals surface area contributed by atoms with Gasteiger partial charge < -0.3 is 23.8 Å². The molecule has 0 aromatic heterocycles. The van der Waals surface area contributed by atoms with Crippen molar-refractivity contribution >= 4 is 17.5 Å². The average Bonchev–Trinajstić information content (AvgIpc) is 3.45. The lowest BCUT2D eigenvalue weighted by atomic mass is 9.96. The summed E-state index contributed by atoms with van der Waals surface area (Å²) in [6, 6.07) is 18.2. The number of rotatable bonds is 11. The number of amides is 2. The molecule has 9 heteroatoms. The van der Waals surface area contributed by atoms with Crippen molar-refractivity contribution in [3.8, 4) is 17.2 Å². The second-order valence-electron chi connectivity index (χ2n) is 9.87. The van der Waals surface area contributed by atoms with E-state index in [1.807, 2.05) is 24.3 Å². The molecular formula is C32H37N3O6. The Balaban J connectivity index is 1.67. The maximum absolute atomic E-state index is 13.9. The van der Waals surface area contributed by atoms with E-state index >= 15 is 0 Å². The molecular weight excluding hydrogens is 522 g/mol. The van der Waals surface area contributed by atoms with E-state index in [0.717, 1.165) is 22.4 Å². The minimum Gasteiger partial charge on any atom is -0.497 e. The molecule has 0 unspecified atom stereocenters. The maximum atomic E-state index is 13.9. The van der Waals surface area contributed by atoms with Crippen molar-refractivity contribution < 1.29 is 28.5 Å². The van der Waals surface area contributed by atoms with E-state index in [1.165, 1.54) is 15.5 Å². The van der Waals surface area contributed by atoms with Crippen LogP contribution in [0.5, 0.6) is 17.2 Å². The van der Waals surface area contributed by atoms with E-state index in [9.17, 15) is 9.59 Å². The Morgan fingerprint density at radius 2 is 1.61 bits per heavy atom. The summed E-state index contributed by atoms with van der Waals surface area (Å²) >= 11 is 0. The lowest BCUT2D eigenvalue weighted by Crippen LogP contribution is -2.42. The first-order valence-electron chi connectivity index (χ1n) is 13.4. The van der Waals surface area contributed by atoms with Gasteiger partial charge in [-0.15, -0.1) is 0 Å². The van der Waals surface area contributed by atoms with Crippen LogP contribution in [0.4, 0.5) is 0 Å². The van der Waals surface area contributed by atoms with Crippen LogP contribution < -0.4 is 14.2 Å². The Bertz CT molecular complexity index is 1420. The molecule has 41 heavy (non-hydrogen) atoms. The van der Waals surface area contributed by atoms with E-state index in [-0.39, 0.29) is 37.6 Å². The molecule has 9 nitrogen and oxygen atoms in total. The van der Waals surface area contributed by atoms with Crippen molar-refractivity contribution in [2.45, 2.75) is 26.3 Å². The van der Waals surface area contributed by atoms with Gasteiger partial charge in [0.15, 0.2) is 11.5 Å². The monoisotopic (exact) mass is 559 g/mol. The van der Waals surface area contributed by atoms with Gasteiger partial charge in [0, 0.05) is 25.6 Å². The van der Waals surface area contributed by atoms with Crippen molar-refractivity contribution in [1.29, 1.82) is 0 Å². The smallest absolute Gasteiger partial charge is 0.262 e. The van der Waals surface area contributed by atoms with Crippen LogP contribution in [0.3, 0.4) is 0 Å². The zero-order chi connectivity index (χ0) is 29.5. The highest BCUT2D eigenvalue weighted by Crippen LogP contribution is 2.37.